The third-order valence-corrected chi connectivity index (χ3v) is 5.00. The molecule has 3 rings (SSSR count). The van der Waals surface area contributed by atoms with Crippen molar-refractivity contribution < 1.29 is 13.9 Å². The van der Waals surface area contributed by atoms with Crippen molar-refractivity contribution in [2.45, 2.75) is 17.5 Å². The molecule has 0 saturated carbocycles. The van der Waals surface area contributed by atoms with Crippen molar-refractivity contribution in [2.75, 3.05) is 7.11 Å². The van der Waals surface area contributed by atoms with Crippen molar-refractivity contribution in [1.82, 2.24) is 9.55 Å². The lowest BCUT2D eigenvalue weighted by atomic mass is 10.1. The fourth-order valence-corrected chi connectivity index (χ4v) is 3.68. The predicted molar refractivity (Wildman–Crippen MR) is 104 cm³/mol. The SMILES string of the molecule is C=CCn1c(SCc2ccc(F)cc2C(=O)OC)nc2ccccc2c1=O. The number of benzene rings is 2. The quantitative estimate of drug-likeness (QED) is 0.280. The largest absolute Gasteiger partial charge is 0.465 e. The van der Waals surface area contributed by atoms with Gasteiger partial charge in [-0.2, -0.15) is 0 Å². The maximum absolute atomic E-state index is 13.5. The van der Waals surface area contributed by atoms with E-state index in [2.05, 4.69) is 11.6 Å². The predicted octanol–water partition coefficient (Wildman–Crippen LogP) is 3.80. The number of hydrogen-bond acceptors (Lipinski definition) is 5. The summed E-state index contributed by atoms with van der Waals surface area (Å²) in [5.41, 5.74) is 1.19. The summed E-state index contributed by atoms with van der Waals surface area (Å²) in [6.07, 6.45) is 1.62. The van der Waals surface area contributed by atoms with Gasteiger partial charge in [0.15, 0.2) is 5.16 Å². The fraction of sp³-hybridized carbons (Fsp3) is 0.150. The van der Waals surface area contributed by atoms with Gasteiger partial charge in [-0.05, 0) is 29.8 Å². The summed E-state index contributed by atoms with van der Waals surface area (Å²) in [5.74, 6) is -0.802. The molecule has 0 aliphatic heterocycles. The Kier molecular flexibility index (Phi) is 5.71. The van der Waals surface area contributed by atoms with Crippen LogP contribution in [0.5, 0.6) is 0 Å². The first kappa shape index (κ1) is 18.8. The minimum Gasteiger partial charge on any atom is -0.465 e. The van der Waals surface area contributed by atoms with Crippen LogP contribution in [0.2, 0.25) is 0 Å². The lowest BCUT2D eigenvalue weighted by Gasteiger charge is -2.12. The molecule has 0 aliphatic carbocycles. The summed E-state index contributed by atoms with van der Waals surface area (Å²) in [7, 11) is 1.25. The Morgan fingerprint density at radius 2 is 2.11 bits per heavy atom. The van der Waals surface area contributed by atoms with Crippen LogP contribution < -0.4 is 5.56 Å². The molecule has 0 amide bonds. The molecule has 5 nitrogen and oxygen atoms in total. The minimum atomic E-state index is -0.611. The number of thioether (sulfide) groups is 1. The summed E-state index contributed by atoms with van der Waals surface area (Å²) >= 11 is 1.29. The number of hydrogen-bond donors (Lipinski definition) is 0. The molecule has 0 radical (unpaired) electrons. The van der Waals surface area contributed by atoms with E-state index in [1.165, 1.54) is 35.6 Å². The number of allylic oxidation sites excluding steroid dienone is 1. The van der Waals surface area contributed by atoms with E-state index in [0.717, 1.165) is 6.07 Å². The maximum atomic E-state index is 13.5. The highest BCUT2D eigenvalue weighted by atomic mass is 32.2. The summed E-state index contributed by atoms with van der Waals surface area (Å²) in [6.45, 7) is 4.01. The Morgan fingerprint density at radius 1 is 1.33 bits per heavy atom. The molecule has 0 fully saturated rings. The van der Waals surface area contributed by atoms with Crippen molar-refractivity contribution in [3.05, 3.63) is 82.4 Å². The number of fused-ring (bicyclic) bond motifs is 1. The van der Waals surface area contributed by atoms with Crippen molar-refractivity contribution >= 4 is 28.6 Å². The third-order valence-electron chi connectivity index (χ3n) is 3.97. The molecule has 0 bridgehead atoms. The van der Waals surface area contributed by atoms with Crippen LogP contribution in [-0.4, -0.2) is 22.6 Å². The lowest BCUT2D eigenvalue weighted by Crippen LogP contribution is -2.22. The number of carbonyl (C=O) groups is 1. The zero-order chi connectivity index (χ0) is 19.4. The number of rotatable bonds is 6. The van der Waals surface area contributed by atoms with E-state index < -0.39 is 11.8 Å². The molecule has 1 aromatic heterocycles. The average Bonchev–Trinajstić information content (AvgIpc) is 2.69. The van der Waals surface area contributed by atoms with Gasteiger partial charge in [0, 0.05) is 12.3 Å². The van der Waals surface area contributed by atoms with E-state index in [0.29, 0.717) is 33.9 Å². The fourth-order valence-electron chi connectivity index (χ4n) is 2.66. The van der Waals surface area contributed by atoms with E-state index in [1.807, 2.05) is 6.07 Å². The first-order valence-electron chi connectivity index (χ1n) is 8.15. The number of methoxy groups -OCH3 is 1. The second kappa shape index (κ2) is 8.18. The molecule has 27 heavy (non-hydrogen) atoms. The molecule has 3 aromatic rings. The highest BCUT2D eigenvalue weighted by Gasteiger charge is 2.16. The molecule has 138 valence electrons. The molecule has 0 unspecified atom stereocenters. The van der Waals surface area contributed by atoms with Gasteiger partial charge in [-0.3, -0.25) is 9.36 Å². The van der Waals surface area contributed by atoms with Gasteiger partial charge in [0.1, 0.15) is 5.82 Å². The second-order valence-corrected chi connectivity index (χ2v) is 6.64. The second-order valence-electron chi connectivity index (χ2n) is 5.70. The van der Waals surface area contributed by atoms with Crippen LogP contribution in [0, 0.1) is 5.82 Å². The molecule has 0 N–H and O–H groups in total. The molecule has 7 heteroatoms. The number of aromatic nitrogens is 2. The highest BCUT2D eigenvalue weighted by molar-refractivity contribution is 7.98. The zero-order valence-corrected chi connectivity index (χ0v) is 15.5. The maximum Gasteiger partial charge on any atom is 0.338 e. The molecule has 0 saturated heterocycles. The topological polar surface area (TPSA) is 61.2 Å². The van der Waals surface area contributed by atoms with E-state index in [9.17, 15) is 14.0 Å². The van der Waals surface area contributed by atoms with Gasteiger partial charge in [-0.1, -0.05) is 36.0 Å². The van der Waals surface area contributed by atoms with Gasteiger partial charge >= 0.3 is 5.97 Å². The molecule has 1 heterocycles. The number of halogens is 1. The first-order valence-corrected chi connectivity index (χ1v) is 9.13. The molecule has 0 aliphatic rings. The Hall–Kier alpha value is -2.93. The van der Waals surface area contributed by atoms with Gasteiger partial charge in [-0.15, -0.1) is 6.58 Å². The summed E-state index contributed by atoms with van der Waals surface area (Å²) < 4.78 is 19.8. The van der Waals surface area contributed by atoms with Gasteiger partial charge < -0.3 is 4.74 Å². The summed E-state index contributed by atoms with van der Waals surface area (Å²) in [6, 6.07) is 11.1. The average molecular weight is 384 g/mol. The van der Waals surface area contributed by atoms with Crippen molar-refractivity contribution in [2.24, 2.45) is 0 Å². The lowest BCUT2D eigenvalue weighted by molar-refractivity contribution is 0.0599. The van der Waals surface area contributed by atoms with Crippen LogP contribution in [0.1, 0.15) is 15.9 Å². The van der Waals surface area contributed by atoms with Gasteiger partial charge in [0.25, 0.3) is 5.56 Å². The van der Waals surface area contributed by atoms with Crippen LogP contribution in [0.15, 0.2) is 65.1 Å². The summed E-state index contributed by atoms with van der Waals surface area (Å²) in [4.78, 5) is 29.2. The smallest absolute Gasteiger partial charge is 0.338 e. The van der Waals surface area contributed by atoms with Crippen molar-refractivity contribution in [1.29, 1.82) is 0 Å². The first-order chi connectivity index (χ1) is 13.0. The van der Waals surface area contributed by atoms with Crippen LogP contribution in [-0.2, 0) is 17.0 Å². The third kappa shape index (κ3) is 3.93. The number of esters is 1. The van der Waals surface area contributed by atoms with Crippen LogP contribution in [0.3, 0.4) is 0 Å². The molecule has 0 spiro atoms. The number of nitrogens with zero attached hydrogens (tertiary/aromatic N) is 2. The molecule has 2 aromatic carbocycles. The Labute approximate surface area is 159 Å². The number of ether oxygens (including phenoxy) is 1. The number of para-hydroxylation sites is 1. The van der Waals surface area contributed by atoms with Gasteiger partial charge in [0.2, 0.25) is 0 Å². The molecule has 0 atom stereocenters. The van der Waals surface area contributed by atoms with Crippen LogP contribution >= 0.6 is 11.8 Å². The van der Waals surface area contributed by atoms with Crippen molar-refractivity contribution in [3.8, 4) is 0 Å². The standard InChI is InChI=1S/C20H17FN2O3S/c1-3-10-23-18(24)15-6-4-5-7-17(15)22-20(23)27-12-13-8-9-14(21)11-16(13)19(25)26-2/h3-9,11H,1,10,12H2,2H3. The highest BCUT2D eigenvalue weighted by Crippen LogP contribution is 2.25. The van der Waals surface area contributed by atoms with Crippen molar-refractivity contribution in [3.63, 3.8) is 0 Å². The van der Waals surface area contributed by atoms with E-state index >= 15 is 0 Å². The zero-order valence-electron chi connectivity index (χ0n) is 14.6. The van der Waals surface area contributed by atoms with Gasteiger partial charge in [0.05, 0.1) is 23.6 Å². The minimum absolute atomic E-state index is 0.156. The number of carbonyl (C=O) groups excluding carboxylic acids is 1. The Morgan fingerprint density at radius 3 is 2.85 bits per heavy atom. The van der Waals surface area contributed by atoms with Gasteiger partial charge in [-0.25, -0.2) is 14.2 Å². The van der Waals surface area contributed by atoms with E-state index in [-0.39, 0.29) is 11.1 Å². The Bertz CT molecular complexity index is 1080. The monoisotopic (exact) mass is 384 g/mol. The summed E-state index contributed by atoms with van der Waals surface area (Å²) in [5, 5.41) is 1.03. The van der Waals surface area contributed by atoms with Crippen LogP contribution in [0.4, 0.5) is 4.39 Å². The molecular formula is C20H17FN2O3S. The Balaban J connectivity index is 2.00. The normalized spacial score (nSPS) is 10.7. The molecular weight excluding hydrogens is 367 g/mol. The van der Waals surface area contributed by atoms with Crippen LogP contribution in [0.25, 0.3) is 10.9 Å². The van der Waals surface area contributed by atoms with E-state index in [4.69, 9.17) is 4.74 Å². The van der Waals surface area contributed by atoms with E-state index in [1.54, 1.807) is 24.3 Å².